The van der Waals surface area contributed by atoms with Crippen molar-refractivity contribution in [2.45, 2.75) is 20.0 Å². The average Bonchev–Trinajstić information content (AvgIpc) is 2.94. The third kappa shape index (κ3) is 5.40. The summed E-state index contributed by atoms with van der Waals surface area (Å²) in [5.74, 6) is 1.15. The van der Waals surface area contributed by atoms with Crippen molar-refractivity contribution in [1.82, 2.24) is 24.8 Å². The summed E-state index contributed by atoms with van der Waals surface area (Å²) < 4.78 is 6.94. The standard InChI is InChI=1S/C28H30N6O3/c1-20-8-10-21(11-9-20)19-34-25-24(7-4-12-29-25)31-26(27(34)35)32-13-15-33(16-14-32)28(36)30-18-22-5-3-6-23(17-22)37-2/h3-12,17H,13-16,18-19H2,1-2H3,(H,30,36). The predicted octanol–water partition coefficient (Wildman–Crippen LogP) is 3.19. The normalized spacial score (nSPS) is 13.6. The molecule has 2 aromatic heterocycles. The van der Waals surface area contributed by atoms with Crippen molar-refractivity contribution >= 4 is 23.0 Å². The lowest BCUT2D eigenvalue weighted by atomic mass is 10.1. The van der Waals surface area contributed by atoms with Crippen molar-refractivity contribution in [3.05, 3.63) is 93.9 Å². The van der Waals surface area contributed by atoms with Gasteiger partial charge in [-0.3, -0.25) is 9.36 Å². The van der Waals surface area contributed by atoms with Crippen LogP contribution in [0.25, 0.3) is 11.2 Å². The van der Waals surface area contributed by atoms with Gasteiger partial charge in [-0.05, 0) is 42.3 Å². The highest BCUT2D eigenvalue weighted by Crippen LogP contribution is 2.17. The lowest BCUT2D eigenvalue weighted by Crippen LogP contribution is -2.53. The van der Waals surface area contributed by atoms with Gasteiger partial charge in [0.05, 0.1) is 13.7 Å². The number of carbonyl (C=O) groups is 1. The zero-order valence-electron chi connectivity index (χ0n) is 21.1. The summed E-state index contributed by atoms with van der Waals surface area (Å²) >= 11 is 0. The molecule has 0 unspecified atom stereocenters. The zero-order chi connectivity index (χ0) is 25.8. The van der Waals surface area contributed by atoms with E-state index in [0.717, 1.165) is 16.9 Å². The first-order valence-corrected chi connectivity index (χ1v) is 12.3. The van der Waals surface area contributed by atoms with Crippen LogP contribution in [0, 0.1) is 6.92 Å². The van der Waals surface area contributed by atoms with Crippen molar-refractivity contribution < 1.29 is 9.53 Å². The topological polar surface area (TPSA) is 92.6 Å². The minimum Gasteiger partial charge on any atom is -0.497 e. The summed E-state index contributed by atoms with van der Waals surface area (Å²) in [6, 6.07) is 19.3. The van der Waals surface area contributed by atoms with Gasteiger partial charge in [0, 0.05) is 38.9 Å². The maximum atomic E-state index is 13.6. The third-order valence-electron chi connectivity index (χ3n) is 6.59. The molecule has 0 bridgehead atoms. The number of amides is 2. The van der Waals surface area contributed by atoms with Gasteiger partial charge in [-0.2, -0.15) is 0 Å². The highest BCUT2D eigenvalue weighted by atomic mass is 16.5. The second-order valence-corrected chi connectivity index (χ2v) is 9.14. The number of ether oxygens (including phenoxy) is 1. The van der Waals surface area contributed by atoms with Crippen molar-refractivity contribution in [2.75, 3.05) is 38.2 Å². The fourth-order valence-corrected chi connectivity index (χ4v) is 4.48. The van der Waals surface area contributed by atoms with E-state index < -0.39 is 0 Å². The lowest BCUT2D eigenvalue weighted by molar-refractivity contribution is 0.193. The molecule has 0 aliphatic carbocycles. The van der Waals surface area contributed by atoms with Crippen molar-refractivity contribution in [3.63, 3.8) is 0 Å². The molecule has 190 valence electrons. The second kappa shape index (κ2) is 10.7. The summed E-state index contributed by atoms with van der Waals surface area (Å²) in [6.07, 6.45) is 1.68. The van der Waals surface area contributed by atoms with Crippen LogP contribution in [-0.4, -0.2) is 58.8 Å². The Balaban J connectivity index is 1.30. The fourth-order valence-electron chi connectivity index (χ4n) is 4.48. The number of piperazine rings is 1. The van der Waals surface area contributed by atoms with E-state index in [0.29, 0.717) is 56.3 Å². The number of benzene rings is 2. The van der Waals surface area contributed by atoms with Crippen LogP contribution in [0.5, 0.6) is 5.75 Å². The summed E-state index contributed by atoms with van der Waals surface area (Å²) in [4.78, 5) is 39.2. The third-order valence-corrected chi connectivity index (χ3v) is 6.59. The predicted molar refractivity (Wildman–Crippen MR) is 143 cm³/mol. The second-order valence-electron chi connectivity index (χ2n) is 9.14. The number of hydrogen-bond donors (Lipinski definition) is 1. The Kier molecular flexibility index (Phi) is 7.02. The first-order valence-electron chi connectivity index (χ1n) is 12.3. The molecular weight excluding hydrogens is 468 g/mol. The number of anilines is 1. The molecule has 1 aliphatic heterocycles. The zero-order valence-corrected chi connectivity index (χ0v) is 21.1. The number of nitrogens with one attached hydrogen (secondary N) is 1. The van der Waals surface area contributed by atoms with Gasteiger partial charge in [-0.25, -0.2) is 14.8 Å². The van der Waals surface area contributed by atoms with Crippen molar-refractivity contribution in [1.29, 1.82) is 0 Å². The molecule has 1 fully saturated rings. The minimum absolute atomic E-state index is 0.130. The summed E-state index contributed by atoms with van der Waals surface area (Å²) in [5, 5.41) is 2.97. The van der Waals surface area contributed by atoms with E-state index >= 15 is 0 Å². The Morgan fingerprint density at radius 2 is 1.78 bits per heavy atom. The van der Waals surface area contributed by atoms with E-state index in [2.05, 4.69) is 15.3 Å². The molecule has 3 heterocycles. The molecule has 1 N–H and O–H groups in total. The molecule has 0 radical (unpaired) electrons. The summed E-state index contributed by atoms with van der Waals surface area (Å²) in [7, 11) is 1.62. The van der Waals surface area contributed by atoms with E-state index in [1.54, 1.807) is 22.8 Å². The van der Waals surface area contributed by atoms with Gasteiger partial charge in [-0.1, -0.05) is 42.0 Å². The van der Waals surface area contributed by atoms with Crippen LogP contribution in [0.2, 0.25) is 0 Å². The Bertz CT molecular complexity index is 1460. The SMILES string of the molecule is COc1cccc(CNC(=O)N2CCN(c3nc4cccnc4n(Cc4ccc(C)cc4)c3=O)CC2)c1. The number of methoxy groups -OCH3 is 1. The molecule has 1 aliphatic rings. The van der Waals surface area contributed by atoms with Gasteiger partial charge < -0.3 is 19.9 Å². The van der Waals surface area contributed by atoms with Crippen molar-refractivity contribution in [3.8, 4) is 5.75 Å². The molecule has 4 aromatic rings. The van der Waals surface area contributed by atoms with Gasteiger partial charge in [0.2, 0.25) is 0 Å². The fraction of sp³-hybridized carbons (Fsp3) is 0.286. The molecule has 2 amide bonds. The van der Waals surface area contributed by atoms with E-state index in [9.17, 15) is 9.59 Å². The van der Waals surface area contributed by atoms with E-state index in [-0.39, 0.29) is 11.6 Å². The van der Waals surface area contributed by atoms with Crippen LogP contribution < -0.4 is 20.5 Å². The monoisotopic (exact) mass is 498 g/mol. The number of carbonyl (C=O) groups excluding carboxylic acids is 1. The molecule has 9 heteroatoms. The Labute approximate surface area is 215 Å². The van der Waals surface area contributed by atoms with Crippen molar-refractivity contribution in [2.24, 2.45) is 0 Å². The molecule has 37 heavy (non-hydrogen) atoms. The molecule has 0 saturated carbocycles. The molecule has 2 aromatic carbocycles. The van der Waals surface area contributed by atoms with Crippen LogP contribution in [0.4, 0.5) is 10.6 Å². The number of aromatic nitrogens is 3. The number of rotatable bonds is 6. The van der Waals surface area contributed by atoms with Crippen LogP contribution in [0.3, 0.4) is 0 Å². The largest absolute Gasteiger partial charge is 0.497 e. The van der Waals surface area contributed by atoms with Gasteiger partial charge in [0.15, 0.2) is 11.5 Å². The molecule has 0 spiro atoms. The van der Waals surface area contributed by atoms with Gasteiger partial charge in [0.25, 0.3) is 5.56 Å². The number of fused-ring (bicyclic) bond motifs is 1. The Morgan fingerprint density at radius 3 is 2.54 bits per heavy atom. The van der Waals surface area contributed by atoms with Gasteiger partial charge in [0.1, 0.15) is 11.3 Å². The van der Waals surface area contributed by atoms with Crippen LogP contribution in [0.1, 0.15) is 16.7 Å². The number of pyridine rings is 1. The average molecular weight is 499 g/mol. The number of nitrogens with zero attached hydrogens (tertiary/aromatic N) is 5. The maximum absolute atomic E-state index is 13.6. The highest BCUT2D eigenvalue weighted by molar-refractivity contribution is 5.75. The maximum Gasteiger partial charge on any atom is 0.317 e. The lowest BCUT2D eigenvalue weighted by Gasteiger charge is -2.35. The Morgan fingerprint density at radius 1 is 1.00 bits per heavy atom. The quantitative estimate of drug-likeness (QED) is 0.439. The first-order chi connectivity index (χ1) is 18.0. The number of urea groups is 1. The smallest absolute Gasteiger partial charge is 0.317 e. The highest BCUT2D eigenvalue weighted by Gasteiger charge is 2.25. The van der Waals surface area contributed by atoms with E-state index in [1.165, 1.54) is 5.56 Å². The molecule has 1 saturated heterocycles. The molecule has 5 rings (SSSR count). The minimum atomic E-state index is -0.178. The van der Waals surface area contributed by atoms with E-state index in [1.807, 2.05) is 72.5 Å². The van der Waals surface area contributed by atoms with E-state index in [4.69, 9.17) is 4.74 Å². The number of hydrogen-bond acceptors (Lipinski definition) is 6. The molecular formula is C28H30N6O3. The number of aryl methyl sites for hydroxylation is 1. The van der Waals surface area contributed by atoms with Crippen LogP contribution in [0.15, 0.2) is 71.7 Å². The summed E-state index contributed by atoms with van der Waals surface area (Å²) in [6.45, 7) is 4.89. The molecule has 9 nitrogen and oxygen atoms in total. The van der Waals surface area contributed by atoms with Crippen LogP contribution >= 0.6 is 0 Å². The van der Waals surface area contributed by atoms with Gasteiger partial charge >= 0.3 is 6.03 Å². The van der Waals surface area contributed by atoms with Gasteiger partial charge in [-0.15, -0.1) is 0 Å². The first kappa shape index (κ1) is 24.3. The summed E-state index contributed by atoms with van der Waals surface area (Å²) in [5.41, 5.74) is 4.21. The molecule has 0 atom stereocenters. The Hall–Kier alpha value is -4.40. The van der Waals surface area contributed by atoms with Crippen LogP contribution in [-0.2, 0) is 13.1 Å².